The molecule has 0 bridgehead atoms. The minimum atomic E-state index is -4.67. The monoisotopic (exact) mass is 437 g/mol. The Morgan fingerprint density at radius 1 is 1.14 bits per heavy atom. The minimum absolute atomic E-state index is 0.00580. The number of nitrogens with one attached hydrogen (secondary N) is 1. The molecule has 0 aromatic heterocycles. The molecule has 1 N–H and O–H groups in total. The maximum Gasteiger partial charge on any atom is 0.416 e. The number of hydrogen-bond acceptors (Lipinski definition) is 6. The van der Waals surface area contributed by atoms with Gasteiger partial charge in [0.1, 0.15) is 5.69 Å². The Labute approximate surface area is 166 Å². The highest BCUT2D eigenvalue weighted by molar-refractivity contribution is 7.89. The topological polar surface area (TPSA) is 102 Å². The van der Waals surface area contributed by atoms with Gasteiger partial charge in [-0.3, -0.25) is 10.1 Å². The summed E-state index contributed by atoms with van der Waals surface area (Å²) in [4.78, 5) is 10.3. The minimum Gasteiger partial charge on any atom is -0.381 e. The van der Waals surface area contributed by atoms with Gasteiger partial charge < -0.3 is 10.1 Å². The van der Waals surface area contributed by atoms with E-state index in [-0.39, 0.29) is 24.8 Å². The van der Waals surface area contributed by atoms with Gasteiger partial charge in [0, 0.05) is 38.4 Å². The maximum atomic E-state index is 12.8. The summed E-state index contributed by atoms with van der Waals surface area (Å²) in [5.41, 5.74) is -1.75. The normalized spacial score (nSPS) is 20.5. The SMILES string of the molecule is O=[N+]([O-])c1cc(C(F)(F)F)ccc1NC1CCN(S(=O)(=O)C2CCOCC2)CC1. The predicted octanol–water partition coefficient (Wildman–Crippen LogP) is 3.00. The van der Waals surface area contributed by atoms with E-state index in [4.69, 9.17) is 4.74 Å². The quantitative estimate of drug-likeness (QED) is 0.561. The summed E-state index contributed by atoms with van der Waals surface area (Å²) in [6.45, 7) is 1.34. The van der Waals surface area contributed by atoms with Crippen molar-refractivity contribution in [2.24, 2.45) is 0 Å². The molecule has 0 spiro atoms. The lowest BCUT2D eigenvalue weighted by atomic mass is 10.1. The van der Waals surface area contributed by atoms with Gasteiger partial charge >= 0.3 is 6.18 Å². The van der Waals surface area contributed by atoms with Crippen LogP contribution in [0.5, 0.6) is 0 Å². The summed E-state index contributed by atoms with van der Waals surface area (Å²) in [7, 11) is -3.43. The van der Waals surface area contributed by atoms with Crippen molar-refractivity contribution in [1.29, 1.82) is 0 Å². The van der Waals surface area contributed by atoms with Crippen molar-refractivity contribution in [2.45, 2.75) is 43.2 Å². The van der Waals surface area contributed by atoms with E-state index in [1.807, 2.05) is 0 Å². The number of nitrogens with zero attached hydrogens (tertiary/aromatic N) is 2. The van der Waals surface area contributed by atoms with Crippen LogP contribution in [0, 0.1) is 10.1 Å². The first-order chi connectivity index (χ1) is 13.6. The standard InChI is InChI=1S/C17H22F3N3O5S/c18-17(19,20)12-1-2-15(16(11-12)23(24)25)21-13-3-7-22(8-4-13)29(26,27)14-5-9-28-10-6-14/h1-2,11,13-14,21H,3-10H2. The fourth-order valence-corrected chi connectivity index (χ4v) is 5.57. The zero-order chi connectivity index (χ0) is 21.2. The molecule has 0 unspecified atom stereocenters. The number of benzene rings is 1. The second-order valence-electron chi connectivity index (χ2n) is 7.16. The molecule has 0 amide bonds. The first kappa shape index (κ1) is 21.8. The van der Waals surface area contributed by atoms with E-state index < -0.39 is 37.6 Å². The van der Waals surface area contributed by atoms with Crippen molar-refractivity contribution in [3.05, 3.63) is 33.9 Å². The average molecular weight is 437 g/mol. The summed E-state index contributed by atoms with van der Waals surface area (Å²) in [6.07, 6.45) is -2.95. The van der Waals surface area contributed by atoms with E-state index in [1.165, 1.54) is 4.31 Å². The summed E-state index contributed by atoms with van der Waals surface area (Å²) in [5, 5.41) is 13.7. The van der Waals surface area contributed by atoms with Gasteiger partial charge in [-0.25, -0.2) is 12.7 Å². The number of alkyl halides is 3. The van der Waals surface area contributed by atoms with Crippen molar-refractivity contribution in [3.63, 3.8) is 0 Å². The van der Waals surface area contributed by atoms with Gasteiger partial charge in [0.25, 0.3) is 5.69 Å². The highest BCUT2D eigenvalue weighted by Gasteiger charge is 2.36. The molecule has 2 aliphatic rings. The van der Waals surface area contributed by atoms with Gasteiger partial charge in [-0.05, 0) is 37.8 Å². The number of rotatable bonds is 5. The molecule has 0 saturated carbocycles. The van der Waals surface area contributed by atoms with Crippen LogP contribution in [-0.4, -0.2) is 55.2 Å². The third-order valence-electron chi connectivity index (χ3n) is 5.28. The van der Waals surface area contributed by atoms with Crippen LogP contribution in [0.4, 0.5) is 24.5 Å². The number of halogens is 3. The Hall–Kier alpha value is -1.92. The van der Waals surface area contributed by atoms with Crippen LogP contribution in [0.25, 0.3) is 0 Å². The van der Waals surface area contributed by atoms with Gasteiger partial charge in [-0.15, -0.1) is 0 Å². The number of nitro groups is 1. The van der Waals surface area contributed by atoms with Gasteiger partial charge in [0.15, 0.2) is 0 Å². The first-order valence-electron chi connectivity index (χ1n) is 9.28. The zero-order valence-electron chi connectivity index (χ0n) is 15.5. The number of sulfonamides is 1. The number of hydrogen-bond donors (Lipinski definition) is 1. The van der Waals surface area contributed by atoms with Crippen LogP contribution in [0.3, 0.4) is 0 Å². The molecule has 29 heavy (non-hydrogen) atoms. The van der Waals surface area contributed by atoms with E-state index in [0.29, 0.717) is 45.0 Å². The maximum absolute atomic E-state index is 12.8. The Bertz CT molecular complexity index is 848. The first-order valence-corrected chi connectivity index (χ1v) is 10.8. The second kappa shape index (κ2) is 8.44. The molecule has 0 radical (unpaired) electrons. The smallest absolute Gasteiger partial charge is 0.381 e. The molecule has 2 aliphatic heterocycles. The van der Waals surface area contributed by atoms with Crippen molar-refractivity contribution in [3.8, 4) is 0 Å². The highest BCUT2D eigenvalue weighted by Crippen LogP contribution is 2.36. The van der Waals surface area contributed by atoms with E-state index >= 15 is 0 Å². The lowest BCUT2D eigenvalue weighted by molar-refractivity contribution is -0.384. The molecule has 1 aromatic rings. The molecule has 2 fully saturated rings. The highest BCUT2D eigenvalue weighted by atomic mass is 32.2. The van der Waals surface area contributed by atoms with E-state index in [0.717, 1.165) is 12.1 Å². The third kappa shape index (κ3) is 4.98. The largest absolute Gasteiger partial charge is 0.416 e. The Balaban J connectivity index is 1.65. The molecule has 0 atom stereocenters. The molecule has 2 heterocycles. The Morgan fingerprint density at radius 2 is 1.76 bits per heavy atom. The summed E-state index contributed by atoms with van der Waals surface area (Å²) >= 11 is 0. The Morgan fingerprint density at radius 3 is 2.31 bits per heavy atom. The Kier molecular flexibility index (Phi) is 6.34. The lowest BCUT2D eigenvalue weighted by Gasteiger charge is -2.35. The average Bonchev–Trinajstić information content (AvgIpc) is 2.68. The molecule has 1 aromatic carbocycles. The van der Waals surface area contributed by atoms with E-state index in [9.17, 15) is 31.7 Å². The van der Waals surface area contributed by atoms with Gasteiger partial charge in [-0.2, -0.15) is 13.2 Å². The van der Waals surface area contributed by atoms with Crippen LogP contribution < -0.4 is 5.32 Å². The lowest BCUT2D eigenvalue weighted by Crippen LogP contribution is -2.47. The van der Waals surface area contributed by atoms with Gasteiger partial charge in [-0.1, -0.05) is 0 Å². The summed E-state index contributed by atoms with van der Waals surface area (Å²) in [6, 6.07) is 2.07. The predicted molar refractivity (Wildman–Crippen MR) is 99.1 cm³/mol. The van der Waals surface area contributed by atoms with E-state index in [1.54, 1.807) is 0 Å². The molecule has 0 aliphatic carbocycles. The number of ether oxygens (including phenoxy) is 1. The van der Waals surface area contributed by atoms with Crippen molar-refractivity contribution in [1.82, 2.24) is 4.31 Å². The van der Waals surface area contributed by atoms with Crippen LogP contribution >= 0.6 is 0 Å². The zero-order valence-corrected chi connectivity index (χ0v) is 16.3. The molecule has 3 rings (SSSR count). The number of piperidine rings is 1. The van der Waals surface area contributed by atoms with Gasteiger partial charge in [0.2, 0.25) is 10.0 Å². The molecule has 8 nitrogen and oxygen atoms in total. The van der Waals surface area contributed by atoms with Crippen LogP contribution in [0.15, 0.2) is 18.2 Å². The van der Waals surface area contributed by atoms with Crippen molar-refractivity contribution in [2.75, 3.05) is 31.6 Å². The van der Waals surface area contributed by atoms with Crippen LogP contribution in [-0.2, 0) is 20.9 Å². The van der Waals surface area contributed by atoms with E-state index in [2.05, 4.69) is 5.32 Å². The third-order valence-corrected chi connectivity index (χ3v) is 7.68. The fourth-order valence-electron chi connectivity index (χ4n) is 3.64. The summed E-state index contributed by atoms with van der Waals surface area (Å²) in [5.74, 6) is 0. The van der Waals surface area contributed by atoms with Crippen molar-refractivity contribution < 1.29 is 31.2 Å². The van der Waals surface area contributed by atoms with Crippen LogP contribution in [0.2, 0.25) is 0 Å². The van der Waals surface area contributed by atoms with Crippen molar-refractivity contribution >= 4 is 21.4 Å². The molecule has 12 heteroatoms. The number of anilines is 1. The summed E-state index contributed by atoms with van der Waals surface area (Å²) < 4.78 is 70.6. The molecular weight excluding hydrogens is 415 g/mol. The fraction of sp³-hybridized carbons (Fsp3) is 0.647. The second-order valence-corrected chi connectivity index (χ2v) is 9.37. The van der Waals surface area contributed by atoms with Gasteiger partial charge in [0.05, 0.1) is 15.7 Å². The molecule has 162 valence electrons. The number of nitro benzene ring substituents is 1. The molecule has 2 saturated heterocycles. The molecular formula is C17H22F3N3O5S. The van der Waals surface area contributed by atoms with Crippen LogP contribution in [0.1, 0.15) is 31.2 Å².